The van der Waals surface area contributed by atoms with E-state index in [0.29, 0.717) is 5.56 Å². The Labute approximate surface area is 76.6 Å². The van der Waals surface area contributed by atoms with Crippen molar-refractivity contribution in [3.63, 3.8) is 0 Å². The van der Waals surface area contributed by atoms with Gasteiger partial charge in [-0.25, -0.2) is 0 Å². The fraction of sp³-hybridized carbons (Fsp3) is 0.500. The Bertz CT molecular complexity index is 306. The summed E-state index contributed by atoms with van der Waals surface area (Å²) >= 11 is 0. The topological polar surface area (TPSA) is 58.4 Å². The Morgan fingerprint density at radius 1 is 1.69 bits per heavy atom. The number of likely N-dealkylation sites (N-methyl/N-ethyl adjacent to an activating group) is 1. The standard InChI is InChI=1S/C8H13N3O2/c1-10(2)8(13)7(12)6-4-9-11(3)5-6/h4-5,7,12H,1-3H3. The number of hydrogen-bond donors (Lipinski definition) is 1. The minimum Gasteiger partial charge on any atom is -0.378 e. The summed E-state index contributed by atoms with van der Waals surface area (Å²) in [6, 6.07) is 0. The van der Waals surface area contributed by atoms with E-state index in [9.17, 15) is 9.90 Å². The van der Waals surface area contributed by atoms with Crippen LogP contribution in [0.15, 0.2) is 12.4 Å². The molecule has 0 bridgehead atoms. The van der Waals surface area contributed by atoms with Crippen molar-refractivity contribution in [3.8, 4) is 0 Å². The smallest absolute Gasteiger partial charge is 0.255 e. The zero-order chi connectivity index (χ0) is 10.0. The highest BCUT2D eigenvalue weighted by molar-refractivity contribution is 5.81. The Morgan fingerprint density at radius 3 is 2.69 bits per heavy atom. The lowest BCUT2D eigenvalue weighted by atomic mass is 10.2. The SMILES string of the molecule is CN(C)C(=O)C(O)c1cnn(C)c1. The third-order valence-corrected chi connectivity index (χ3v) is 1.72. The molecule has 0 spiro atoms. The Kier molecular flexibility index (Phi) is 2.67. The molecule has 0 radical (unpaired) electrons. The fourth-order valence-corrected chi connectivity index (χ4v) is 0.968. The van der Waals surface area contributed by atoms with Gasteiger partial charge in [0, 0.05) is 32.9 Å². The monoisotopic (exact) mass is 183 g/mol. The van der Waals surface area contributed by atoms with E-state index in [2.05, 4.69) is 5.10 Å². The lowest BCUT2D eigenvalue weighted by molar-refractivity contribution is -0.137. The van der Waals surface area contributed by atoms with Gasteiger partial charge in [-0.1, -0.05) is 0 Å². The molecule has 1 rings (SSSR count). The first-order chi connectivity index (χ1) is 6.02. The quantitative estimate of drug-likeness (QED) is 0.675. The van der Waals surface area contributed by atoms with E-state index >= 15 is 0 Å². The van der Waals surface area contributed by atoms with E-state index in [1.54, 1.807) is 32.0 Å². The lowest BCUT2D eigenvalue weighted by Gasteiger charge is -2.14. The molecule has 1 aromatic heterocycles. The number of aliphatic hydroxyl groups is 1. The first-order valence-electron chi connectivity index (χ1n) is 3.90. The summed E-state index contributed by atoms with van der Waals surface area (Å²) in [5.74, 6) is -0.340. The number of aliphatic hydroxyl groups excluding tert-OH is 1. The summed E-state index contributed by atoms with van der Waals surface area (Å²) in [4.78, 5) is 12.6. The first kappa shape index (κ1) is 9.73. The number of nitrogens with zero attached hydrogens (tertiary/aromatic N) is 3. The average molecular weight is 183 g/mol. The molecule has 0 aliphatic rings. The fourth-order valence-electron chi connectivity index (χ4n) is 0.968. The van der Waals surface area contributed by atoms with Crippen molar-refractivity contribution in [1.82, 2.24) is 14.7 Å². The molecule has 1 amide bonds. The van der Waals surface area contributed by atoms with Gasteiger partial charge >= 0.3 is 0 Å². The minimum absolute atomic E-state index is 0.340. The molecule has 5 nitrogen and oxygen atoms in total. The van der Waals surface area contributed by atoms with Crippen LogP contribution in [-0.2, 0) is 11.8 Å². The largest absolute Gasteiger partial charge is 0.378 e. The van der Waals surface area contributed by atoms with E-state index < -0.39 is 6.10 Å². The Morgan fingerprint density at radius 2 is 2.31 bits per heavy atom. The second kappa shape index (κ2) is 3.57. The van der Waals surface area contributed by atoms with Crippen molar-refractivity contribution >= 4 is 5.91 Å². The maximum absolute atomic E-state index is 11.3. The van der Waals surface area contributed by atoms with Gasteiger partial charge in [0.25, 0.3) is 5.91 Å². The highest BCUT2D eigenvalue weighted by Gasteiger charge is 2.19. The van der Waals surface area contributed by atoms with Gasteiger partial charge in [-0.3, -0.25) is 9.48 Å². The van der Waals surface area contributed by atoms with Gasteiger partial charge in [-0.2, -0.15) is 5.10 Å². The predicted octanol–water partition coefficient (Wildman–Crippen LogP) is -0.458. The van der Waals surface area contributed by atoms with Crippen molar-refractivity contribution in [2.24, 2.45) is 7.05 Å². The molecule has 1 atom stereocenters. The molecule has 0 saturated heterocycles. The molecule has 72 valence electrons. The van der Waals surface area contributed by atoms with E-state index in [0.717, 1.165) is 0 Å². The van der Waals surface area contributed by atoms with Crippen molar-refractivity contribution in [2.75, 3.05) is 14.1 Å². The summed E-state index contributed by atoms with van der Waals surface area (Å²) in [7, 11) is 4.93. The highest BCUT2D eigenvalue weighted by atomic mass is 16.3. The molecule has 1 N–H and O–H groups in total. The van der Waals surface area contributed by atoms with E-state index in [1.165, 1.54) is 11.1 Å². The molecular weight excluding hydrogens is 170 g/mol. The van der Waals surface area contributed by atoms with Gasteiger partial charge in [0.15, 0.2) is 6.10 Å². The summed E-state index contributed by atoms with van der Waals surface area (Å²) in [5, 5.41) is 13.4. The molecule has 1 aromatic rings. The van der Waals surface area contributed by atoms with Crippen molar-refractivity contribution < 1.29 is 9.90 Å². The molecule has 0 aromatic carbocycles. The zero-order valence-electron chi connectivity index (χ0n) is 7.93. The van der Waals surface area contributed by atoms with Crippen LogP contribution in [0.25, 0.3) is 0 Å². The number of carbonyl (C=O) groups excluding carboxylic acids is 1. The predicted molar refractivity (Wildman–Crippen MR) is 46.9 cm³/mol. The van der Waals surface area contributed by atoms with Crippen molar-refractivity contribution in [2.45, 2.75) is 6.10 Å². The van der Waals surface area contributed by atoms with Gasteiger partial charge in [-0.05, 0) is 0 Å². The zero-order valence-corrected chi connectivity index (χ0v) is 7.93. The number of aromatic nitrogens is 2. The highest BCUT2D eigenvalue weighted by Crippen LogP contribution is 2.12. The molecule has 0 saturated carbocycles. The molecule has 0 aliphatic carbocycles. The van der Waals surface area contributed by atoms with Crippen LogP contribution in [-0.4, -0.2) is 39.8 Å². The van der Waals surface area contributed by atoms with Crippen molar-refractivity contribution in [3.05, 3.63) is 18.0 Å². The number of rotatable bonds is 2. The third kappa shape index (κ3) is 2.06. The van der Waals surface area contributed by atoms with Gasteiger partial charge < -0.3 is 10.0 Å². The van der Waals surface area contributed by atoms with E-state index in [1.807, 2.05) is 0 Å². The van der Waals surface area contributed by atoms with Crippen LogP contribution in [0, 0.1) is 0 Å². The number of aryl methyl sites for hydroxylation is 1. The molecular formula is C8H13N3O2. The lowest BCUT2D eigenvalue weighted by Crippen LogP contribution is -2.27. The summed E-state index contributed by atoms with van der Waals surface area (Å²) in [6.45, 7) is 0. The normalized spacial score (nSPS) is 12.6. The van der Waals surface area contributed by atoms with Crippen molar-refractivity contribution in [1.29, 1.82) is 0 Å². The Hall–Kier alpha value is -1.36. The second-order valence-electron chi connectivity index (χ2n) is 3.08. The summed E-state index contributed by atoms with van der Waals surface area (Å²) in [5.41, 5.74) is 0.515. The molecule has 1 heterocycles. The van der Waals surface area contributed by atoms with Crippen LogP contribution in [0.5, 0.6) is 0 Å². The van der Waals surface area contributed by atoms with Gasteiger partial charge in [-0.15, -0.1) is 0 Å². The van der Waals surface area contributed by atoms with E-state index in [-0.39, 0.29) is 5.91 Å². The Balaban J connectivity index is 2.79. The number of carbonyl (C=O) groups is 1. The minimum atomic E-state index is -1.11. The number of hydrogen-bond acceptors (Lipinski definition) is 3. The average Bonchev–Trinajstić information content (AvgIpc) is 2.49. The van der Waals surface area contributed by atoms with E-state index in [4.69, 9.17) is 0 Å². The van der Waals surface area contributed by atoms with Crippen LogP contribution >= 0.6 is 0 Å². The van der Waals surface area contributed by atoms with Crippen LogP contribution in [0.1, 0.15) is 11.7 Å². The maximum Gasteiger partial charge on any atom is 0.255 e. The second-order valence-corrected chi connectivity index (χ2v) is 3.08. The molecule has 5 heteroatoms. The van der Waals surface area contributed by atoms with Crippen LogP contribution < -0.4 is 0 Å². The summed E-state index contributed by atoms with van der Waals surface area (Å²) in [6.07, 6.45) is 1.99. The molecule has 13 heavy (non-hydrogen) atoms. The van der Waals surface area contributed by atoms with Gasteiger partial charge in [0.1, 0.15) is 0 Å². The first-order valence-corrected chi connectivity index (χ1v) is 3.90. The third-order valence-electron chi connectivity index (χ3n) is 1.72. The number of amides is 1. The maximum atomic E-state index is 11.3. The summed E-state index contributed by atoms with van der Waals surface area (Å²) < 4.78 is 1.54. The van der Waals surface area contributed by atoms with Crippen LogP contribution in [0.3, 0.4) is 0 Å². The van der Waals surface area contributed by atoms with Crippen LogP contribution in [0.4, 0.5) is 0 Å². The van der Waals surface area contributed by atoms with Gasteiger partial charge in [0.05, 0.1) is 6.20 Å². The molecule has 0 fully saturated rings. The van der Waals surface area contributed by atoms with Gasteiger partial charge in [0.2, 0.25) is 0 Å². The van der Waals surface area contributed by atoms with Crippen LogP contribution in [0.2, 0.25) is 0 Å². The molecule has 0 aliphatic heterocycles. The molecule has 1 unspecified atom stereocenters.